The molecule has 1 heterocycles. The van der Waals surface area contributed by atoms with Gasteiger partial charge in [-0.1, -0.05) is 30.3 Å². The van der Waals surface area contributed by atoms with Gasteiger partial charge < -0.3 is 4.90 Å². The molecule has 2 aromatic carbocycles. The highest BCUT2D eigenvalue weighted by molar-refractivity contribution is 7.97. The molecular weight excluding hydrogens is 390 g/mol. The van der Waals surface area contributed by atoms with Crippen LogP contribution in [0, 0.1) is 23.5 Å². The topological polar surface area (TPSA) is 32.7 Å². The van der Waals surface area contributed by atoms with Gasteiger partial charge in [-0.05, 0) is 60.4 Å². The summed E-state index contributed by atoms with van der Waals surface area (Å²) in [6.45, 7) is 1.48. The first kappa shape index (κ1) is 20.1. The SMILES string of the molecule is CS/N=C\C1CCCN(C(=O)C2CC2c2ccccc2-c2c(F)cccc2F)C1. The molecule has 2 aromatic rings. The Morgan fingerprint density at radius 3 is 2.69 bits per heavy atom. The minimum absolute atomic E-state index is 0.00693. The Kier molecular flexibility index (Phi) is 5.99. The normalized spacial score (nSPS) is 24.1. The number of amides is 1. The Labute approximate surface area is 174 Å². The lowest BCUT2D eigenvalue weighted by Gasteiger charge is -2.31. The lowest BCUT2D eigenvalue weighted by molar-refractivity contribution is -0.134. The van der Waals surface area contributed by atoms with Gasteiger partial charge >= 0.3 is 0 Å². The van der Waals surface area contributed by atoms with Crippen molar-refractivity contribution in [2.24, 2.45) is 16.2 Å². The summed E-state index contributed by atoms with van der Waals surface area (Å²) in [5.74, 6) is -0.792. The van der Waals surface area contributed by atoms with Crippen LogP contribution in [-0.2, 0) is 4.79 Å². The zero-order chi connectivity index (χ0) is 20.4. The predicted octanol–water partition coefficient (Wildman–Crippen LogP) is 5.32. The lowest BCUT2D eigenvalue weighted by atomic mass is 9.94. The first-order valence-electron chi connectivity index (χ1n) is 9.99. The number of carbonyl (C=O) groups is 1. The molecule has 1 saturated carbocycles. The fourth-order valence-electron chi connectivity index (χ4n) is 4.33. The highest BCUT2D eigenvalue weighted by atomic mass is 32.2. The summed E-state index contributed by atoms with van der Waals surface area (Å²) in [6, 6.07) is 11.2. The van der Waals surface area contributed by atoms with Crippen molar-refractivity contribution in [3.05, 3.63) is 59.7 Å². The molecule has 2 aliphatic rings. The van der Waals surface area contributed by atoms with Crippen molar-refractivity contribution >= 4 is 24.1 Å². The van der Waals surface area contributed by atoms with E-state index < -0.39 is 11.6 Å². The number of rotatable bonds is 5. The molecule has 152 valence electrons. The quantitative estimate of drug-likeness (QED) is 0.490. The maximum Gasteiger partial charge on any atom is 0.226 e. The average Bonchev–Trinajstić information content (AvgIpc) is 3.53. The highest BCUT2D eigenvalue weighted by Gasteiger charge is 2.47. The summed E-state index contributed by atoms with van der Waals surface area (Å²) in [6.07, 6.45) is 6.63. The van der Waals surface area contributed by atoms with Crippen LogP contribution in [0.1, 0.15) is 30.7 Å². The number of carbonyl (C=O) groups excluding carboxylic acids is 1. The first-order valence-corrected chi connectivity index (χ1v) is 11.2. The summed E-state index contributed by atoms with van der Waals surface area (Å²) in [5, 5.41) is 0. The molecule has 0 spiro atoms. The molecule has 1 aliphatic heterocycles. The van der Waals surface area contributed by atoms with E-state index in [9.17, 15) is 13.6 Å². The number of piperidine rings is 1. The Hall–Kier alpha value is -2.21. The lowest BCUT2D eigenvalue weighted by Crippen LogP contribution is -2.41. The molecule has 29 heavy (non-hydrogen) atoms. The van der Waals surface area contributed by atoms with Gasteiger partial charge in [0.15, 0.2) is 0 Å². The van der Waals surface area contributed by atoms with Crippen LogP contribution < -0.4 is 0 Å². The summed E-state index contributed by atoms with van der Waals surface area (Å²) in [7, 11) is 0. The molecule has 0 aromatic heterocycles. The third-order valence-electron chi connectivity index (χ3n) is 5.85. The van der Waals surface area contributed by atoms with Crippen LogP contribution in [0.4, 0.5) is 8.78 Å². The predicted molar refractivity (Wildman–Crippen MR) is 114 cm³/mol. The van der Waals surface area contributed by atoms with Gasteiger partial charge in [0.2, 0.25) is 5.91 Å². The van der Waals surface area contributed by atoms with Gasteiger partial charge in [-0.15, -0.1) is 0 Å². The molecule has 1 saturated heterocycles. The fourth-order valence-corrected chi connectivity index (χ4v) is 4.62. The van der Waals surface area contributed by atoms with Crippen molar-refractivity contribution in [3.8, 4) is 11.1 Å². The maximum atomic E-state index is 14.4. The van der Waals surface area contributed by atoms with Crippen LogP contribution in [0.15, 0.2) is 46.9 Å². The molecular formula is C23H24F2N2OS. The van der Waals surface area contributed by atoms with E-state index in [1.807, 2.05) is 29.5 Å². The van der Waals surface area contributed by atoms with E-state index in [2.05, 4.69) is 4.40 Å². The van der Waals surface area contributed by atoms with Gasteiger partial charge in [0.05, 0.1) is 5.56 Å². The number of nitrogens with zero attached hydrogens (tertiary/aromatic N) is 2. The molecule has 1 amide bonds. The number of halogens is 2. The molecule has 3 unspecified atom stereocenters. The van der Waals surface area contributed by atoms with Crippen LogP contribution in [0.2, 0.25) is 0 Å². The van der Waals surface area contributed by atoms with E-state index in [-0.39, 0.29) is 23.3 Å². The standard InChI is InChI=1S/C23H24F2N2OS/c1-29-26-13-15-6-5-11-27(14-15)23(28)19-12-18(19)16-7-2-3-8-17(16)22-20(24)9-4-10-21(22)25/h2-4,7-10,13,15,18-19H,5-6,11-12,14H2,1H3/b26-13-. The van der Waals surface area contributed by atoms with Crippen LogP contribution in [-0.4, -0.2) is 36.4 Å². The van der Waals surface area contributed by atoms with E-state index in [0.717, 1.165) is 31.4 Å². The molecule has 0 N–H and O–H groups in total. The van der Waals surface area contributed by atoms with Crippen LogP contribution in [0.5, 0.6) is 0 Å². The highest BCUT2D eigenvalue weighted by Crippen LogP contribution is 2.51. The third kappa shape index (κ3) is 4.22. The summed E-state index contributed by atoms with van der Waals surface area (Å²) in [4.78, 5) is 15.0. The fraction of sp³-hybridized carbons (Fsp3) is 0.391. The molecule has 6 heteroatoms. The summed E-state index contributed by atoms with van der Waals surface area (Å²) >= 11 is 1.43. The van der Waals surface area contributed by atoms with Crippen molar-refractivity contribution < 1.29 is 13.6 Å². The van der Waals surface area contributed by atoms with Crippen molar-refractivity contribution in [1.29, 1.82) is 0 Å². The van der Waals surface area contributed by atoms with E-state index in [1.165, 1.54) is 30.1 Å². The molecule has 2 fully saturated rings. The van der Waals surface area contributed by atoms with Gasteiger partial charge in [-0.2, -0.15) is 0 Å². The van der Waals surface area contributed by atoms with Gasteiger partial charge in [-0.25, -0.2) is 13.2 Å². The second-order valence-electron chi connectivity index (χ2n) is 7.76. The van der Waals surface area contributed by atoms with Crippen LogP contribution in [0.3, 0.4) is 0 Å². The van der Waals surface area contributed by atoms with E-state index >= 15 is 0 Å². The van der Waals surface area contributed by atoms with Gasteiger partial charge in [0, 0.05) is 37.4 Å². The molecule has 4 rings (SSSR count). The Balaban J connectivity index is 1.53. The minimum Gasteiger partial charge on any atom is -0.342 e. The number of hydrogen-bond acceptors (Lipinski definition) is 3. The number of likely N-dealkylation sites (tertiary alicyclic amines) is 1. The summed E-state index contributed by atoms with van der Waals surface area (Å²) in [5.41, 5.74) is 1.40. The van der Waals surface area contributed by atoms with Crippen LogP contribution in [0.25, 0.3) is 11.1 Å². The van der Waals surface area contributed by atoms with Gasteiger partial charge in [0.1, 0.15) is 11.6 Å². The Morgan fingerprint density at radius 2 is 1.93 bits per heavy atom. The molecule has 0 bridgehead atoms. The second-order valence-corrected chi connectivity index (χ2v) is 8.33. The van der Waals surface area contributed by atoms with Gasteiger partial charge in [-0.3, -0.25) is 4.79 Å². The second kappa shape index (κ2) is 8.66. The number of benzene rings is 2. The zero-order valence-corrected chi connectivity index (χ0v) is 17.2. The largest absolute Gasteiger partial charge is 0.342 e. The number of hydrogen-bond donors (Lipinski definition) is 0. The Morgan fingerprint density at radius 1 is 1.17 bits per heavy atom. The smallest absolute Gasteiger partial charge is 0.226 e. The van der Waals surface area contributed by atoms with Crippen molar-refractivity contribution in [2.45, 2.75) is 25.2 Å². The Bertz CT molecular complexity index is 913. The maximum absolute atomic E-state index is 14.4. The monoisotopic (exact) mass is 414 g/mol. The molecule has 3 atom stereocenters. The third-order valence-corrected chi connectivity index (χ3v) is 6.18. The molecule has 1 aliphatic carbocycles. The van der Waals surface area contributed by atoms with Crippen molar-refractivity contribution in [1.82, 2.24) is 4.90 Å². The van der Waals surface area contributed by atoms with Crippen molar-refractivity contribution in [3.63, 3.8) is 0 Å². The minimum atomic E-state index is -0.576. The van der Waals surface area contributed by atoms with E-state index in [4.69, 9.17) is 0 Å². The average molecular weight is 415 g/mol. The van der Waals surface area contributed by atoms with E-state index in [0.29, 0.717) is 18.0 Å². The molecule has 0 radical (unpaired) electrons. The summed E-state index contributed by atoms with van der Waals surface area (Å²) < 4.78 is 33.0. The van der Waals surface area contributed by atoms with Crippen LogP contribution >= 0.6 is 11.9 Å². The van der Waals surface area contributed by atoms with E-state index in [1.54, 1.807) is 12.1 Å². The molecule has 3 nitrogen and oxygen atoms in total. The zero-order valence-electron chi connectivity index (χ0n) is 16.4. The first-order chi connectivity index (χ1) is 14.1. The van der Waals surface area contributed by atoms with Gasteiger partial charge in [0.25, 0.3) is 0 Å². The van der Waals surface area contributed by atoms with Crippen molar-refractivity contribution in [2.75, 3.05) is 19.3 Å².